The number of anilines is 1. The summed E-state index contributed by atoms with van der Waals surface area (Å²) < 4.78 is 15.3. The molecule has 0 fully saturated rings. The van der Waals surface area contributed by atoms with Gasteiger partial charge in [0.25, 0.3) is 0 Å². The predicted molar refractivity (Wildman–Crippen MR) is 154 cm³/mol. The standard InChI is InChI=1S/C32H25FN4OS/c33-26-12-14-27(15-13-26)37-29-16-11-24(20-25(29)21-35-37)30(23-9-5-2-6-10-23)28(19-22-7-3-1-4-8-22)31(38)36-32-34-17-18-39-32/h1-18,20-21,28,30H,19H2,(H,34,36,38). The average Bonchev–Trinajstić information content (AvgIpc) is 3.64. The summed E-state index contributed by atoms with van der Waals surface area (Å²) in [4.78, 5) is 18.2. The molecular weight excluding hydrogens is 507 g/mol. The van der Waals surface area contributed by atoms with E-state index >= 15 is 0 Å². The third-order valence-corrected chi connectivity index (χ3v) is 7.57. The van der Waals surface area contributed by atoms with Gasteiger partial charge in [-0.3, -0.25) is 4.79 Å². The first-order valence-electron chi connectivity index (χ1n) is 12.7. The highest BCUT2D eigenvalue weighted by Crippen LogP contribution is 2.37. The number of hydrogen-bond donors (Lipinski definition) is 1. The van der Waals surface area contributed by atoms with Crippen LogP contribution in [0, 0.1) is 11.7 Å². The van der Waals surface area contributed by atoms with Crippen molar-refractivity contribution < 1.29 is 9.18 Å². The summed E-state index contributed by atoms with van der Waals surface area (Å²) in [7, 11) is 0. The Morgan fingerprint density at radius 3 is 2.36 bits per heavy atom. The second-order valence-electron chi connectivity index (χ2n) is 9.36. The van der Waals surface area contributed by atoms with Gasteiger partial charge in [0.05, 0.1) is 23.3 Å². The second kappa shape index (κ2) is 11.0. The van der Waals surface area contributed by atoms with E-state index in [1.165, 1.54) is 23.5 Å². The van der Waals surface area contributed by atoms with Gasteiger partial charge in [-0.1, -0.05) is 66.7 Å². The van der Waals surface area contributed by atoms with E-state index in [4.69, 9.17) is 0 Å². The van der Waals surface area contributed by atoms with Gasteiger partial charge in [0.1, 0.15) is 5.82 Å². The number of nitrogens with zero attached hydrogens (tertiary/aromatic N) is 3. The number of hydrogen-bond acceptors (Lipinski definition) is 4. The van der Waals surface area contributed by atoms with Gasteiger partial charge < -0.3 is 5.32 Å². The minimum atomic E-state index is -0.400. The largest absolute Gasteiger partial charge is 0.302 e. The van der Waals surface area contributed by atoms with E-state index in [0.717, 1.165) is 33.3 Å². The molecule has 5 nitrogen and oxygen atoms in total. The molecule has 0 bridgehead atoms. The van der Waals surface area contributed by atoms with Crippen molar-refractivity contribution in [2.75, 3.05) is 5.32 Å². The number of rotatable bonds is 8. The van der Waals surface area contributed by atoms with Crippen molar-refractivity contribution in [3.63, 3.8) is 0 Å². The molecule has 6 aromatic rings. The lowest BCUT2D eigenvalue weighted by atomic mass is 9.77. The van der Waals surface area contributed by atoms with E-state index in [2.05, 4.69) is 51.8 Å². The lowest BCUT2D eigenvalue weighted by Gasteiger charge is -2.27. The van der Waals surface area contributed by atoms with Gasteiger partial charge >= 0.3 is 0 Å². The Kier molecular flexibility index (Phi) is 6.97. The van der Waals surface area contributed by atoms with Crippen LogP contribution in [-0.2, 0) is 11.2 Å². The SMILES string of the molecule is O=C(Nc1nccs1)C(Cc1ccccc1)C(c1ccccc1)c1ccc2c(cnn2-c2ccc(F)cc2)c1. The normalized spacial score (nSPS) is 12.7. The third kappa shape index (κ3) is 5.35. The average molecular weight is 533 g/mol. The number of carbonyl (C=O) groups is 1. The molecule has 1 amide bonds. The molecule has 2 heterocycles. The Labute approximate surface area is 229 Å². The molecule has 6 rings (SSSR count). The van der Waals surface area contributed by atoms with Crippen molar-refractivity contribution in [3.05, 3.63) is 143 Å². The fourth-order valence-electron chi connectivity index (χ4n) is 5.06. The molecule has 0 saturated carbocycles. The molecule has 0 aliphatic carbocycles. The van der Waals surface area contributed by atoms with Crippen LogP contribution in [0.3, 0.4) is 0 Å². The number of benzene rings is 4. The first-order chi connectivity index (χ1) is 19.2. The van der Waals surface area contributed by atoms with Crippen LogP contribution in [0.25, 0.3) is 16.6 Å². The zero-order valence-corrected chi connectivity index (χ0v) is 21.8. The monoisotopic (exact) mass is 532 g/mol. The highest BCUT2D eigenvalue weighted by Gasteiger charge is 2.32. The third-order valence-electron chi connectivity index (χ3n) is 6.88. The van der Waals surface area contributed by atoms with E-state index in [-0.39, 0.29) is 17.6 Å². The number of amides is 1. The van der Waals surface area contributed by atoms with E-state index in [9.17, 15) is 9.18 Å². The Balaban J connectivity index is 1.44. The van der Waals surface area contributed by atoms with Crippen LogP contribution in [0.5, 0.6) is 0 Å². The maximum Gasteiger partial charge on any atom is 0.230 e. The Hall–Kier alpha value is -4.62. The summed E-state index contributed by atoms with van der Waals surface area (Å²) in [6.07, 6.45) is 4.06. The van der Waals surface area contributed by atoms with Crippen LogP contribution in [0.4, 0.5) is 9.52 Å². The first kappa shape index (κ1) is 24.7. The van der Waals surface area contributed by atoms with Crippen molar-refractivity contribution in [1.82, 2.24) is 14.8 Å². The Bertz CT molecular complexity index is 1680. The maximum absolute atomic E-state index is 13.9. The van der Waals surface area contributed by atoms with Gasteiger partial charge in [-0.15, -0.1) is 11.3 Å². The summed E-state index contributed by atoms with van der Waals surface area (Å²) in [6.45, 7) is 0. The lowest BCUT2D eigenvalue weighted by Crippen LogP contribution is -2.31. The van der Waals surface area contributed by atoms with E-state index in [0.29, 0.717) is 11.6 Å². The van der Waals surface area contributed by atoms with E-state index in [1.54, 1.807) is 23.0 Å². The lowest BCUT2D eigenvalue weighted by molar-refractivity contribution is -0.120. The van der Waals surface area contributed by atoms with Gasteiger partial charge in [-0.25, -0.2) is 14.1 Å². The molecule has 192 valence electrons. The molecule has 4 aromatic carbocycles. The second-order valence-corrected chi connectivity index (χ2v) is 10.3. The summed E-state index contributed by atoms with van der Waals surface area (Å²) in [5.41, 5.74) is 4.84. The number of nitrogens with one attached hydrogen (secondary N) is 1. The number of thiazole rings is 1. The first-order valence-corrected chi connectivity index (χ1v) is 13.6. The Morgan fingerprint density at radius 1 is 0.897 bits per heavy atom. The van der Waals surface area contributed by atoms with Crippen molar-refractivity contribution >= 4 is 33.3 Å². The summed E-state index contributed by atoms with van der Waals surface area (Å²) in [5.74, 6) is -0.985. The molecule has 0 aliphatic heterocycles. The predicted octanol–water partition coefficient (Wildman–Crippen LogP) is 7.25. The van der Waals surface area contributed by atoms with E-state index < -0.39 is 5.92 Å². The quantitative estimate of drug-likeness (QED) is 0.225. The summed E-state index contributed by atoms with van der Waals surface area (Å²) in [6, 6.07) is 32.7. The van der Waals surface area contributed by atoms with Crippen molar-refractivity contribution in [3.8, 4) is 5.69 Å². The molecule has 0 aliphatic rings. The van der Waals surface area contributed by atoms with Gasteiger partial charge in [0.15, 0.2) is 5.13 Å². The van der Waals surface area contributed by atoms with E-state index in [1.807, 2.05) is 54.0 Å². The molecule has 2 atom stereocenters. The number of carbonyl (C=O) groups excluding carboxylic acids is 1. The maximum atomic E-state index is 13.9. The molecular formula is C32H25FN4OS. The zero-order chi connectivity index (χ0) is 26.6. The molecule has 0 radical (unpaired) electrons. The van der Waals surface area contributed by atoms with Crippen molar-refractivity contribution in [2.24, 2.45) is 5.92 Å². The van der Waals surface area contributed by atoms with Crippen LogP contribution in [0.15, 0.2) is 121 Å². The smallest absolute Gasteiger partial charge is 0.230 e. The highest BCUT2D eigenvalue weighted by molar-refractivity contribution is 7.13. The molecule has 1 N–H and O–H groups in total. The zero-order valence-electron chi connectivity index (χ0n) is 20.9. The minimum absolute atomic E-state index is 0.0789. The topological polar surface area (TPSA) is 59.8 Å². The van der Waals surface area contributed by atoms with Crippen LogP contribution in [0.2, 0.25) is 0 Å². The molecule has 7 heteroatoms. The fraction of sp³-hybridized carbons (Fsp3) is 0.0938. The molecule has 2 unspecified atom stereocenters. The summed E-state index contributed by atoms with van der Waals surface area (Å²) in [5, 5.41) is 11.0. The molecule has 0 saturated heterocycles. The van der Waals surface area contributed by atoms with Gasteiger partial charge in [0, 0.05) is 22.9 Å². The number of halogens is 1. The number of fused-ring (bicyclic) bond motifs is 1. The van der Waals surface area contributed by atoms with Crippen LogP contribution < -0.4 is 5.32 Å². The van der Waals surface area contributed by atoms with Crippen LogP contribution in [-0.4, -0.2) is 20.7 Å². The molecule has 39 heavy (non-hydrogen) atoms. The van der Waals surface area contributed by atoms with Crippen molar-refractivity contribution in [2.45, 2.75) is 12.3 Å². The molecule has 0 spiro atoms. The van der Waals surface area contributed by atoms with Crippen molar-refractivity contribution in [1.29, 1.82) is 0 Å². The van der Waals surface area contributed by atoms with Gasteiger partial charge in [-0.2, -0.15) is 5.10 Å². The molecule has 2 aromatic heterocycles. The van der Waals surface area contributed by atoms with Crippen LogP contribution >= 0.6 is 11.3 Å². The minimum Gasteiger partial charge on any atom is -0.302 e. The fourth-order valence-corrected chi connectivity index (χ4v) is 5.60. The number of aromatic nitrogens is 3. The van der Waals surface area contributed by atoms with Gasteiger partial charge in [-0.05, 0) is 59.5 Å². The van der Waals surface area contributed by atoms with Gasteiger partial charge in [0.2, 0.25) is 5.91 Å². The van der Waals surface area contributed by atoms with Crippen LogP contribution in [0.1, 0.15) is 22.6 Å². The highest BCUT2D eigenvalue weighted by atomic mass is 32.1. The Morgan fingerprint density at radius 2 is 1.64 bits per heavy atom. The summed E-state index contributed by atoms with van der Waals surface area (Å²) >= 11 is 1.40.